The summed E-state index contributed by atoms with van der Waals surface area (Å²) in [5, 5.41) is 3.32. The average Bonchev–Trinajstić information content (AvgIpc) is 2.79. The van der Waals surface area contributed by atoms with Crippen molar-refractivity contribution in [3.63, 3.8) is 0 Å². The summed E-state index contributed by atoms with van der Waals surface area (Å²) in [4.78, 5) is 27.9. The molecule has 0 bridgehead atoms. The number of carbonyl (C=O) groups is 2. The second-order valence-corrected chi connectivity index (χ2v) is 8.29. The normalized spacial score (nSPS) is 13.8. The molecule has 3 rings (SSSR count). The lowest BCUT2D eigenvalue weighted by Crippen LogP contribution is -2.43. The van der Waals surface area contributed by atoms with Gasteiger partial charge in [0.05, 0.1) is 29.7 Å². The van der Waals surface area contributed by atoms with Crippen molar-refractivity contribution in [3.05, 3.63) is 59.2 Å². The Labute approximate surface area is 194 Å². The van der Waals surface area contributed by atoms with Crippen LogP contribution in [0, 0.1) is 5.82 Å². The molecule has 33 heavy (non-hydrogen) atoms. The highest BCUT2D eigenvalue weighted by molar-refractivity contribution is 5.89. The van der Waals surface area contributed by atoms with E-state index < -0.39 is 11.8 Å². The fourth-order valence-corrected chi connectivity index (χ4v) is 2.93. The summed E-state index contributed by atoms with van der Waals surface area (Å²) in [5.41, 5.74) is 2.12. The monoisotopic (exact) mass is 457 g/mol. The van der Waals surface area contributed by atoms with E-state index in [-0.39, 0.29) is 17.8 Å². The van der Waals surface area contributed by atoms with Gasteiger partial charge in [-0.3, -0.25) is 9.78 Å². The van der Waals surface area contributed by atoms with Crippen molar-refractivity contribution >= 4 is 30.3 Å². The smallest absolute Gasteiger partial charge is 0.338 e. The Morgan fingerprint density at radius 3 is 2.42 bits per heavy atom. The van der Waals surface area contributed by atoms with Gasteiger partial charge in [-0.2, -0.15) is 0 Å². The van der Waals surface area contributed by atoms with Crippen molar-refractivity contribution in [3.8, 4) is 0 Å². The highest BCUT2D eigenvalue weighted by Gasteiger charge is 2.11. The number of nitrogens with zero attached hydrogens (tertiary/aromatic N) is 2. The van der Waals surface area contributed by atoms with Crippen LogP contribution >= 0.6 is 0 Å². The van der Waals surface area contributed by atoms with E-state index in [1.807, 2.05) is 39.1 Å². The first kappa shape index (κ1) is 26.0. The third-order valence-corrected chi connectivity index (χ3v) is 4.60. The SMILES string of the molecule is CC(C)(C)OC=O.CCOC(=O)c1ccc(C=Cc2ccc(N3CCNCC3)cn2)c(F)c1. The molecule has 1 N–H and O–H groups in total. The minimum Gasteiger partial charge on any atom is -0.462 e. The molecule has 1 saturated heterocycles. The molecule has 8 heteroatoms. The Morgan fingerprint density at radius 1 is 1.18 bits per heavy atom. The number of pyridine rings is 1. The number of hydrogen-bond acceptors (Lipinski definition) is 7. The quantitative estimate of drug-likeness (QED) is 0.520. The molecule has 0 saturated carbocycles. The molecule has 0 amide bonds. The molecule has 0 aliphatic carbocycles. The van der Waals surface area contributed by atoms with Crippen LogP contribution in [-0.4, -0.2) is 55.8 Å². The standard InChI is InChI=1S/C20H22FN3O2.C5H10O2/c1-2-26-20(25)16-4-3-15(19(21)13-16)5-6-17-7-8-18(14-23-17)24-11-9-22-10-12-24;1-5(2,3)7-4-6/h3-8,13-14,22H,2,9-12H2,1H3;4H,1-3H3. The van der Waals surface area contributed by atoms with E-state index in [1.54, 1.807) is 31.2 Å². The summed E-state index contributed by atoms with van der Waals surface area (Å²) in [6.45, 7) is 11.8. The number of aromatic nitrogens is 1. The number of hydrogen-bond donors (Lipinski definition) is 1. The molecular weight excluding hydrogens is 425 g/mol. The maximum atomic E-state index is 14.2. The lowest BCUT2D eigenvalue weighted by Gasteiger charge is -2.29. The van der Waals surface area contributed by atoms with E-state index in [9.17, 15) is 14.0 Å². The number of esters is 1. The van der Waals surface area contributed by atoms with Crippen LogP contribution < -0.4 is 10.2 Å². The third-order valence-electron chi connectivity index (χ3n) is 4.60. The zero-order valence-electron chi connectivity index (χ0n) is 19.6. The van der Waals surface area contributed by atoms with Crippen LogP contribution in [-0.2, 0) is 14.3 Å². The van der Waals surface area contributed by atoms with Crippen LogP contribution in [0.15, 0.2) is 36.5 Å². The zero-order valence-corrected chi connectivity index (χ0v) is 19.6. The summed E-state index contributed by atoms with van der Waals surface area (Å²) >= 11 is 0. The lowest BCUT2D eigenvalue weighted by molar-refractivity contribution is -0.138. The van der Waals surface area contributed by atoms with E-state index in [4.69, 9.17) is 4.74 Å². The van der Waals surface area contributed by atoms with Crippen LogP contribution in [0.25, 0.3) is 12.2 Å². The summed E-state index contributed by atoms with van der Waals surface area (Å²) in [6, 6.07) is 8.25. The lowest BCUT2D eigenvalue weighted by atomic mass is 10.1. The molecular formula is C25H32FN3O4. The molecule has 1 aliphatic rings. The number of carbonyl (C=O) groups excluding carboxylic acids is 2. The minimum atomic E-state index is -0.521. The fourth-order valence-electron chi connectivity index (χ4n) is 2.93. The highest BCUT2D eigenvalue weighted by atomic mass is 19.1. The van der Waals surface area contributed by atoms with Crippen molar-refractivity contribution in [2.75, 3.05) is 37.7 Å². The van der Waals surface area contributed by atoms with Gasteiger partial charge in [0.15, 0.2) is 0 Å². The van der Waals surface area contributed by atoms with Gasteiger partial charge in [0.2, 0.25) is 0 Å². The van der Waals surface area contributed by atoms with E-state index in [2.05, 4.69) is 19.9 Å². The van der Waals surface area contributed by atoms with Crippen LogP contribution in [0.5, 0.6) is 0 Å². The first-order valence-electron chi connectivity index (χ1n) is 10.9. The Bertz CT molecular complexity index is 934. The van der Waals surface area contributed by atoms with Crippen molar-refractivity contribution in [2.45, 2.75) is 33.3 Å². The molecule has 7 nitrogen and oxygen atoms in total. The molecule has 0 atom stereocenters. The Morgan fingerprint density at radius 2 is 1.91 bits per heavy atom. The van der Waals surface area contributed by atoms with Crippen molar-refractivity contribution in [1.82, 2.24) is 10.3 Å². The first-order chi connectivity index (χ1) is 15.7. The van der Waals surface area contributed by atoms with Crippen LogP contribution in [0.4, 0.5) is 10.1 Å². The van der Waals surface area contributed by atoms with Crippen LogP contribution in [0.1, 0.15) is 49.3 Å². The van der Waals surface area contributed by atoms with Crippen LogP contribution in [0.2, 0.25) is 0 Å². The second kappa shape index (κ2) is 12.7. The van der Waals surface area contributed by atoms with E-state index in [0.717, 1.165) is 37.6 Å². The molecule has 0 spiro atoms. The molecule has 1 aromatic heterocycles. The summed E-state index contributed by atoms with van der Waals surface area (Å²) in [6.07, 6.45) is 5.24. The number of anilines is 1. The molecule has 0 radical (unpaired) electrons. The van der Waals surface area contributed by atoms with Gasteiger partial charge < -0.3 is 19.7 Å². The third kappa shape index (κ3) is 9.02. The van der Waals surface area contributed by atoms with Gasteiger partial charge in [-0.25, -0.2) is 9.18 Å². The number of benzene rings is 1. The number of ether oxygens (including phenoxy) is 2. The largest absolute Gasteiger partial charge is 0.462 e. The Hall–Kier alpha value is -3.26. The number of halogens is 1. The molecule has 178 valence electrons. The maximum absolute atomic E-state index is 14.2. The minimum absolute atomic E-state index is 0.208. The van der Waals surface area contributed by atoms with Crippen molar-refractivity contribution in [1.29, 1.82) is 0 Å². The predicted octanol–water partition coefficient (Wildman–Crippen LogP) is 3.94. The van der Waals surface area contributed by atoms with Gasteiger partial charge in [-0.05, 0) is 64.1 Å². The molecule has 2 heterocycles. The molecule has 1 aliphatic heterocycles. The molecule has 0 unspecified atom stereocenters. The summed E-state index contributed by atoms with van der Waals surface area (Å²) < 4.78 is 23.6. The number of piperazine rings is 1. The summed E-state index contributed by atoms with van der Waals surface area (Å²) in [5.74, 6) is -0.990. The predicted molar refractivity (Wildman–Crippen MR) is 128 cm³/mol. The van der Waals surface area contributed by atoms with Gasteiger partial charge >= 0.3 is 5.97 Å². The van der Waals surface area contributed by atoms with Gasteiger partial charge in [0.1, 0.15) is 11.4 Å². The van der Waals surface area contributed by atoms with E-state index in [1.165, 1.54) is 6.07 Å². The second-order valence-electron chi connectivity index (χ2n) is 8.29. The Balaban J connectivity index is 0.000000479. The van der Waals surface area contributed by atoms with Gasteiger partial charge in [-0.15, -0.1) is 0 Å². The van der Waals surface area contributed by atoms with Crippen molar-refractivity contribution < 1.29 is 23.5 Å². The zero-order chi connectivity index (χ0) is 24.3. The fraction of sp³-hybridized carbons (Fsp3) is 0.400. The van der Waals surface area contributed by atoms with Gasteiger partial charge in [0, 0.05) is 31.7 Å². The topological polar surface area (TPSA) is 80.8 Å². The molecule has 1 fully saturated rings. The molecule has 1 aromatic carbocycles. The number of nitrogens with one attached hydrogen (secondary N) is 1. The van der Waals surface area contributed by atoms with Gasteiger partial charge in [0.25, 0.3) is 6.47 Å². The molecule has 2 aromatic rings. The maximum Gasteiger partial charge on any atom is 0.338 e. The number of rotatable bonds is 6. The van der Waals surface area contributed by atoms with E-state index >= 15 is 0 Å². The first-order valence-corrected chi connectivity index (χ1v) is 10.9. The average molecular weight is 458 g/mol. The van der Waals surface area contributed by atoms with Crippen molar-refractivity contribution in [2.24, 2.45) is 0 Å². The van der Waals surface area contributed by atoms with Crippen LogP contribution in [0.3, 0.4) is 0 Å². The highest BCUT2D eigenvalue weighted by Crippen LogP contribution is 2.17. The Kier molecular flexibility index (Phi) is 10.00. The van der Waals surface area contributed by atoms with E-state index in [0.29, 0.717) is 12.0 Å². The van der Waals surface area contributed by atoms with Gasteiger partial charge in [-0.1, -0.05) is 6.07 Å². The summed E-state index contributed by atoms with van der Waals surface area (Å²) in [7, 11) is 0.